The summed E-state index contributed by atoms with van der Waals surface area (Å²) in [4.78, 5) is 10.7. The third-order valence-electron chi connectivity index (χ3n) is 2.23. The zero-order valence-electron chi connectivity index (χ0n) is 9.82. The number of aliphatic carboxylic acids is 1. The molecule has 0 aliphatic heterocycles. The second-order valence-corrected chi connectivity index (χ2v) is 3.74. The Morgan fingerprint density at radius 3 is 2.50 bits per heavy atom. The normalized spacial score (nSPS) is 10.1. The predicted octanol–water partition coefficient (Wildman–Crippen LogP) is 2.66. The van der Waals surface area contributed by atoms with E-state index in [1.807, 2.05) is 19.1 Å². The molecule has 0 heterocycles. The van der Waals surface area contributed by atoms with E-state index < -0.39 is 5.97 Å². The molecule has 0 aromatic heterocycles. The van der Waals surface area contributed by atoms with Crippen molar-refractivity contribution in [3.63, 3.8) is 0 Å². The van der Waals surface area contributed by atoms with Crippen LogP contribution in [0.15, 0.2) is 18.2 Å². The number of hydrogen-bond donors (Lipinski definition) is 1. The van der Waals surface area contributed by atoms with Gasteiger partial charge in [-0.15, -0.1) is 0 Å². The van der Waals surface area contributed by atoms with Gasteiger partial charge in [0.05, 0.1) is 13.0 Å². The maximum atomic E-state index is 10.7. The number of carboxylic acids is 1. The van der Waals surface area contributed by atoms with E-state index in [1.54, 1.807) is 6.07 Å². The standard InChI is InChI=1S/C13H18O3/c1-3-5-10-6-11(9-13(14)15)8-12(7-10)16-4-2/h6-8H,3-5,9H2,1-2H3,(H,14,15). The fourth-order valence-electron chi connectivity index (χ4n) is 1.69. The van der Waals surface area contributed by atoms with Crippen molar-refractivity contribution >= 4 is 5.97 Å². The van der Waals surface area contributed by atoms with Gasteiger partial charge in [-0.2, -0.15) is 0 Å². The van der Waals surface area contributed by atoms with Gasteiger partial charge in [-0.05, 0) is 36.6 Å². The third kappa shape index (κ3) is 3.93. The lowest BCUT2D eigenvalue weighted by atomic mass is 10.0. The van der Waals surface area contributed by atoms with Crippen LogP contribution in [0.25, 0.3) is 0 Å². The molecule has 0 unspecified atom stereocenters. The number of aryl methyl sites for hydroxylation is 1. The van der Waals surface area contributed by atoms with E-state index in [0.29, 0.717) is 6.61 Å². The number of benzene rings is 1. The zero-order chi connectivity index (χ0) is 12.0. The van der Waals surface area contributed by atoms with E-state index >= 15 is 0 Å². The fourth-order valence-corrected chi connectivity index (χ4v) is 1.69. The van der Waals surface area contributed by atoms with Gasteiger partial charge in [-0.3, -0.25) is 4.79 Å². The van der Waals surface area contributed by atoms with Crippen LogP contribution < -0.4 is 4.74 Å². The Labute approximate surface area is 96.1 Å². The van der Waals surface area contributed by atoms with Crippen LogP contribution in [0, 0.1) is 0 Å². The Bertz CT molecular complexity index is 334. The molecule has 0 amide bonds. The average molecular weight is 222 g/mol. The molecule has 0 saturated heterocycles. The lowest BCUT2D eigenvalue weighted by molar-refractivity contribution is -0.136. The van der Waals surface area contributed by atoms with E-state index in [0.717, 1.165) is 29.7 Å². The van der Waals surface area contributed by atoms with Crippen LogP contribution >= 0.6 is 0 Å². The maximum Gasteiger partial charge on any atom is 0.307 e. The minimum absolute atomic E-state index is 0.0532. The minimum Gasteiger partial charge on any atom is -0.494 e. The molecule has 1 aromatic carbocycles. The van der Waals surface area contributed by atoms with Crippen LogP contribution in [-0.2, 0) is 17.6 Å². The Morgan fingerprint density at radius 2 is 1.94 bits per heavy atom. The molecular formula is C13H18O3. The van der Waals surface area contributed by atoms with Gasteiger partial charge >= 0.3 is 5.97 Å². The minimum atomic E-state index is -0.809. The average Bonchev–Trinajstić information content (AvgIpc) is 2.17. The molecule has 88 valence electrons. The molecule has 0 bridgehead atoms. The monoisotopic (exact) mass is 222 g/mol. The molecule has 3 heteroatoms. The van der Waals surface area contributed by atoms with Gasteiger partial charge in [-0.25, -0.2) is 0 Å². The van der Waals surface area contributed by atoms with Gasteiger partial charge in [-0.1, -0.05) is 19.4 Å². The molecule has 1 aromatic rings. The predicted molar refractivity (Wildman–Crippen MR) is 62.9 cm³/mol. The molecular weight excluding hydrogens is 204 g/mol. The van der Waals surface area contributed by atoms with Crippen molar-refractivity contribution in [2.24, 2.45) is 0 Å². The Morgan fingerprint density at radius 1 is 1.25 bits per heavy atom. The first-order valence-electron chi connectivity index (χ1n) is 5.63. The summed E-state index contributed by atoms with van der Waals surface area (Å²) in [5, 5.41) is 8.77. The van der Waals surface area contributed by atoms with Crippen molar-refractivity contribution in [2.75, 3.05) is 6.61 Å². The summed E-state index contributed by atoms with van der Waals surface area (Å²) in [5.41, 5.74) is 1.95. The SMILES string of the molecule is CCCc1cc(CC(=O)O)cc(OCC)c1. The van der Waals surface area contributed by atoms with Crippen LogP contribution in [-0.4, -0.2) is 17.7 Å². The van der Waals surface area contributed by atoms with E-state index in [9.17, 15) is 4.79 Å². The third-order valence-corrected chi connectivity index (χ3v) is 2.23. The lowest BCUT2D eigenvalue weighted by Crippen LogP contribution is -2.02. The Kier molecular flexibility index (Phi) is 4.83. The molecule has 16 heavy (non-hydrogen) atoms. The highest BCUT2D eigenvalue weighted by Crippen LogP contribution is 2.19. The van der Waals surface area contributed by atoms with Crippen LogP contribution in [0.1, 0.15) is 31.4 Å². The van der Waals surface area contributed by atoms with Gasteiger partial charge in [0.25, 0.3) is 0 Å². The van der Waals surface area contributed by atoms with Gasteiger partial charge < -0.3 is 9.84 Å². The lowest BCUT2D eigenvalue weighted by Gasteiger charge is -2.08. The molecule has 0 atom stereocenters. The van der Waals surface area contributed by atoms with Crippen molar-refractivity contribution in [2.45, 2.75) is 33.1 Å². The van der Waals surface area contributed by atoms with E-state index in [4.69, 9.17) is 9.84 Å². The number of rotatable bonds is 6. The van der Waals surface area contributed by atoms with E-state index in [2.05, 4.69) is 6.92 Å². The summed E-state index contributed by atoms with van der Waals surface area (Å²) < 4.78 is 5.42. The van der Waals surface area contributed by atoms with Crippen molar-refractivity contribution in [1.29, 1.82) is 0 Å². The summed E-state index contributed by atoms with van der Waals surface area (Å²) >= 11 is 0. The summed E-state index contributed by atoms with van der Waals surface area (Å²) in [6, 6.07) is 5.73. The smallest absolute Gasteiger partial charge is 0.307 e. The molecule has 0 spiro atoms. The number of carbonyl (C=O) groups is 1. The Balaban J connectivity index is 2.93. The summed E-state index contributed by atoms with van der Waals surface area (Å²) in [6.07, 6.45) is 2.05. The van der Waals surface area contributed by atoms with Crippen LogP contribution in [0.5, 0.6) is 5.75 Å². The first kappa shape index (κ1) is 12.6. The topological polar surface area (TPSA) is 46.5 Å². The van der Waals surface area contributed by atoms with Crippen LogP contribution in [0.2, 0.25) is 0 Å². The Hall–Kier alpha value is -1.51. The van der Waals surface area contributed by atoms with E-state index in [-0.39, 0.29) is 6.42 Å². The second-order valence-electron chi connectivity index (χ2n) is 3.74. The highest BCUT2D eigenvalue weighted by Gasteiger charge is 2.05. The van der Waals surface area contributed by atoms with Gasteiger partial charge in [0, 0.05) is 0 Å². The van der Waals surface area contributed by atoms with Crippen molar-refractivity contribution < 1.29 is 14.6 Å². The number of carboxylic acid groups (broad SMARTS) is 1. The maximum absolute atomic E-state index is 10.7. The van der Waals surface area contributed by atoms with Crippen molar-refractivity contribution in [3.05, 3.63) is 29.3 Å². The van der Waals surface area contributed by atoms with Crippen LogP contribution in [0.4, 0.5) is 0 Å². The van der Waals surface area contributed by atoms with E-state index in [1.165, 1.54) is 0 Å². The molecule has 0 radical (unpaired) electrons. The van der Waals surface area contributed by atoms with Crippen LogP contribution in [0.3, 0.4) is 0 Å². The first-order valence-corrected chi connectivity index (χ1v) is 5.63. The fraction of sp³-hybridized carbons (Fsp3) is 0.462. The summed E-state index contributed by atoms with van der Waals surface area (Å²) in [6.45, 7) is 4.62. The highest BCUT2D eigenvalue weighted by atomic mass is 16.5. The molecule has 0 saturated carbocycles. The second kappa shape index (κ2) is 6.16. The van der Waals surface area contributed by atoms with Crippen molar-refractivity contribution in [3.8, 4) is 5.75 Å². The van der Waals surface area contributed by atoms with Crippen molar-refractivity contribution in [1.82, 2.24) is 0 Å². The summed E-state index contributed by atoms with van der Waals surface area (Å²) in [5.74, 6) is -0.0409. The quantitative estimate of drug-likeness (QED) is 0.804. The zero-order valence-corrected chi connectivity index (χ0v) is 9.82. The molecule has 0 aliphatic rings. The molecule has 3 nitrogen and oxygen atoms in total. The molecule has 0 fully saturated rings. The molecule has 1 N–H and O–H groups in total. The largest absolute Gasteiger partial charge is 0.494 e. The van der Waals surface area contributed by atoms with Gasteiger partial charge in [0.15, 0.2) is 0 Å². The number of hydrogen-bond acceptors (Lipinski definition) is 2. The van der Waals surface area contributed by atoms with Gasteiger partial charge in [0.1, 0.15) is 5.75 Å². The first-order chi connectivity index (χ1) is 7.65. The van der Waals surface area contributed by atoms with Gasteiger partial charge in [0.2, 0.25) is 0 Å². The highest BCUT2D eigenvalue weighted by molar-refractivity contribution is 5.70. The summed E-state index contributed by atoms with van der Waals surface area (Å²) in [7, 11) is 0. The number of ether oxygens (including phenoxy) is 1. The molecule has 1 rings (SSSR count). The molecule has 0 aliphatic carbocycles.